The van der Waals surface area contributed by atoms with Gasteiger partial charge < -0.3 is 9.09 Å². The van der Waals surface area contributed by atoms with Gasteiger partial charge in [-0.05, 0) is 36.4 Å². The summed E-state index contributed by atoms with van der Waals surface area (Å²) in [6.45, 7) is 1.35. The molecule has 6 rings (SSSR count). The van der Waals surface area contributed by atoms with E-state index in [4.69, 9.17) is 4.52 Å². The average molecular weight is 407 g/mol. The van der Waals surface area contributed by atoms with Crippen LogP contribution in [0, 0.1) is 0 Å². The molecule has 5 aromatic rings. The lowest BCUT2D eigenvalue weighted by molar-refractivity contribution is 0.0989. The van der Waals surface area contributed by atoms with Gasteiger partial charge in [-0.15, -0.1) is 0 Å². The van der Waals surface area contributed by atoms with Crippen LogP contribution in [0.1, 0.15) is 10.4 Å². The van der Waals surface area contributed by atoms with Crippen molar-refractivity contribution < 1.29 is 9.32 Å². The number of hydrogen-bond donors (Lipinski definition) is 0. The van der Waals surface area contributed by atoms with Gasteiger partial charge in [0.2, 0.25) is 11.8 Å². The number of anilines is 1. The minimum absolute atomic E-state index is 0.0730. The number of fused-ring (bicyclic) bond motifs is 3. The zero-order valence-electron chi connectivity index (χ0n) is 16.5. The molecule has 1 aliphatic heterocycles. The zero-order chi connectivity index (χ0) is 20.8. The van der Waals surface area contributed by atoms with Crippen molar-refractivity contribution >= 4 is 22.9 Å². The quantitative estimate of drug-likeness (QED) is 0.443. The second-order valence-electron chi connectivity index (χ2n) is 7.38. The molecular formula is C24H17N5O2. The molecule has 31 heavy (non-hydrogen) atoms. The second kappa shape index (κ2) is 6.91. The molecule has 0 bridgehead atoms. The smallest absolute Gasteiger partial charge is 0.260 e. The number of aromatic nitrogens is 4. The fourth-order valence-corrected chi connectivity index (χ4v) is 3.94. The first-order valence-electron chi connectivity index (χ1n) is 10.0. The topological polar surface area (TPSA) is 77.0 Å². The van der Waals surface area contributed by atoms with Crippen LogP contribution in [-0.2, 0) is 6.54 Å². The molecular weight excluding hydrogens is 390 g/mol. The fraction of sp³-hybridized carbons (Fsp3) is 0.0833. The number of benzene rings is 3. The van der Waals surface area contributed by atoms with E-state index in [2.05, 4.69) is 19.7 Å². The van der Waals surface area contributed by atoms with Crippen molar-refractivity contribution in [3.63, 3.8) is 0 Å². The van der Waals surface area contributed by atoms with Gasteiger partial charge >= 0.3 is 0 Å². The van der Waals surface area contributed by atoms with Crippen LogP contribution in [0.3, 0.4) is 0 Å². The second-order valence-corrected chi connectivity index (χ2v) is 7.38. The Kier molecular flexibility index (Phi) is 3.92. The minimum Gasteiger partial charge on any atom is -0.334 e. The molecule has 0 radical (unpaired) electrons. The summed E-state index contributed by atoms with van der Waals surface area (Å²) in [5, 5.41) is 4.06. The first-order valence-corrected chi connectivity index (χ1v) is 10.0. The third kappa shape index (κ3) is 2.90. The van der Waals surface area contributed by atoms with Crippen molar-refractivity contribution in [2.24, 2.45) is 0 Å². The Labute approximate surface area is 177 Å². The number of carbonyl (C=O) groups is 1. The molecule has 0 unspecified atom stereocenters. The highest BCUT2D eigenvalue weighted by molar-refractivity contribution is 6.06. The molecule has 1 aliphatic rings. The lowest BCUT2D eigenvalue weighted by Gasteiger charge is -2.14. The molecule has 3 heterocycles. The number of hydrogen-bond acceptors (Lipinski definition) is 5. The van der Waals surface area contributed by atoms with E-state index in [1.54, 1.807) is 17.0 Å². The first kappa shape index (κ1) is 17.6. The molecule has 7 heteroatoms. The van der Waals surface area contributed by atoms with Gasteiger partial charge in [0, 0.05) is 29.8 Å². The highest BCUT2D eigenvalue weighted by Gasteiger charge is 2.29. The van der Waals surface area contributed by atoms with Gasteiger partial charge in [0.25, 0.3) is 11.8 Å². The van der Waals surface area contributed by atoms with Gasteiger partial charge in [-0.2, -0.15) is 4.98 Å². The Bertz CT molecular complexity index is 1400. The van der Waals surface area contributed by atoms with Crippen LogP contribution in [0.25, 0.3) is 33.9 Å². The van der Waals surface area contributed by atoms with Crippen LogP contribution in [-0.4, -0.2) is 32.1 Å². The normalized spacial score (nSPS) is 13.0. The summed E-state index contributed by atoms with van der Waals surface area (Å²) < 4.78 is 7.50. The van der Waals surface area contributed by atoms with Gasteiger partial charge in [0.05, 0.1) is 11.0 Å². The van der Waals surface area contributed by atoms with Crippen LogP contribution in [0.5, 0.6) is 0 Å². The molecule has 0 saturated carbocycles. The highest BCUT2D eigenvalue weighted by Crippen LogP contribution is 2.29. The molecule has 7 nitrogen and oxygen atoms in total. The van der Waals surface area contributed by atoms with E-state index in [0.29, 0.717) is 29.8 Å². The molecule has 0 aliphatic carbocycles. The van der Waals surface area contributed by atoms with E-state index in [1.807, 2.05) is 66.7 Å². The molecule has 150 valence electrons. The van der Waals surface area contributed by atoms with Crippen LogP contribution in [0.4, 0.5) is 5.95 Å². The molecule has 2 aromatic heterocycles. The Morgan fingerprint density at radius 3 is 2.42 bits per heavy atom. The molecule has 0 saturated heterocycles. The number of imidazole rings is 1. The summed E-state index contributed by atoms with van der Waals surface area (Å²) >= 11 is 0. The largest absolute Gasteiger partial charge is 0.334 e. The standard InChI is InChI=1S/C24H17N5O2/c30-23(29-15-14-28-20-9-5-4-8-19(20)25-24(28)29)18-12-10-17(11-13-18)22-26-21(27-31-22)16-6-2-1-3-7-16/h1-13H,14-15H2. The number of rotatable bonds is 3. The van der Waals surface area contributed by atoms with E-state index in [1.165, 1.54) is 0 Å². The SMILES string of the molecule is O=C(c1ccc(-c2nc(-c3ccccc3)no2)cc1)N1CCn2c1nc1ccccc12. The van der Waals surface area contributed by atoms with Crippen molar-refractivity contribution in [2.45, 2.75) is 6.54 Å². The van der Waals surface area contributed by atoms with E-state index in [9.17, 15) is 4.79 Å². The van der Waals surface area contributed by atoms with E-state index < -0.39 is 0 Å². The van der Waals surface area contributed by atoms with Crippen LogP contribution < -0.4 is 4.90 Å². The Hall–Kier alpha value is -4.26. The van der Waals surface area contributed by atoms with E-state index in [-0.39, 0.29) is 5.91 Å². The number of amides is 1. The molecule has 1 amide bonds. The maximum Gasteiger partial charge on any atom is 0.260 e. The monoisotopic (exact) mass is 407 g/mol. The third-order valence-electron chi connectivity index (χ3n) is 5.51. The zero-order valence-corrected chi connectivity index (χ0v) is 16.5. The Morgan fingerprint density at radius 2 is 1.58 bits per heavy atom. The van der Waals surface area contributed by atoms with Crippen LogP contribution in [0.15, 0.2) is 83.4 Å². The van der Waals surface area contributed by atoms with Gasteiger partial charge in [-0.1, -0.05) is 47.6 Å². The average Bonchev–Trinajstić information content (AvgIpc) is 3.55. The predicted octanol–water partition coefficient (Wildman–Crippen LogP) is 4.41. The first-order chi connectivity index (χ1) is 15.3. The molecule has 0 fully saturated rings. The van der Waals surface area contributed by atoms with Crippen LogP contribution >= 0.6 is 0 Å². The maximum absolute atomic E-state index is 13.1. The third-order valence-corrected chi connectivity index (χ3v) is 5.51. The van der Waals surface area contributed by atoms with Gasteiger partial charge in [0.1, 0.15) is 0 Å². The van der Waals surface area contributed by atoms with Crippen molar-refractivity contribution in [1.82, 2.24) is 19.7 Å². The summed E-state index contributed by atoms with van der Waals surface area (Å²) in [6.07, 6.45) is 0. The fourth-order valence-electron chi connectivity index (χ4n) is 3.94. The number of carbonyl (C=O) groups excluding carboxylic acids is 1. The van der Waals surface area contributed by atoms with Crippen LogP contribution in [0.2, 0.25) is 0 Å². The van der Waals surface area contributed by atoms with Crippen molar-refractivity contribution in [3.05, 3.63) is 84.4 Å². The minimum atomic E-state index is -0.0730. The Morgan fingerprint density at radius 1 is 0.806 bits per heavy atom. The lowest BCUT2D eigenvalue weighted by Crippen LogP contribution is -2.29. The molecule has 0 atom stereocenters. The number of para-hydroxylation sites is 2. The molecule has 3 aromatic carbocycles. The highest BCUT2D eigenvalue weighted by atomic mass is 16.5. The summed E-state index contributed by atoms with van der Waals surface area (Å²) in [7, 11) is 0. The summed E-state index contributed by atoms with van der Waals surface area (Å²) in [5.74, 6) is 1.57. The van der Waals surface area contributed by atoms with Gasteiger partial charge in [-0.25, -0.2) is 4.98 Å². The van der Waals surface area contributed by atoms with Gasteiger partial charge in [0.15, 0.2) is 0 Å². The Balaban J connectivity index is 1.26. The van der Waals surface area contributed by atoms with E-state index >= 15 is 0 Å². The summed E-state index contributed by atoms with van der Waals surface area (Å²) in [6, 6.07) is 24.8. The van der Waals surface area contributed by atoms with E-state index in [0.717, 1.165) is 28.7 Å². The summed E-state index contributed by atoms with van der Waals surface area (Å²) in [5.41, 5.74) is 4.19. The van der Waals surface area contributed by atoms with Crippen molar-refractivity contribution in [3.8, 4) is 22.8 Å². The number of nitrogens with zero attached hydrogens (tertiary/aromatic N) is 5. The predicted molar refractivity (Wildman–Crippen MR) is 117 cm³/mol. The lowest BCUT2D eigenvalue weighted by atomic mass is 10.1. The molecule has 0 spiro atoms. The van der Waals surface area contributed by atoms with Gasteiger partial charge in [-0.3, -0.25) is 9.69 Å². The summed E-state index contributed by atoms with van der Waals surface area (Å²) in [4.78, 5) is 24.0. The maximum atomic E-state index is 13.1. The van der Waals surface area contributed by atoms with Crippen molar-refractivity contribution in [2.75, 3.05) is 11.4 Å². The van der Waals surface area contributed by atoms with Crippen molar-refractivity contribution in [1.29, 1.82) is 0 Å². The molecule has 0 N–H and O–H groups in total.